The van der Waals surface area contributed by atoms with Crippen molar-refractivity contribution >= 4 is 11.9 Å². The summed E-state index contributed by atoms with van der Waals surface area (Å²) in [5.74, 6) is -1.04. The Balaban J connectivity index is 2.78. The number of carboxylic acids is 1. The minimum absolute atomic E-state index is 0.111. The zero-order chi connectivity index (χ0) is 15.5. The quantitative estimate of drug-likeness (QED) is 0.717. The van der Waals surface area contributed by atoms with Crippen LogP contribution in [0.2, 0.25) is 0 Å². The summed E-state index contributed by atoms with van der Waals surface area (Å²) in [4.78, 5) is 23.6. The molecular weight excluding hydrogens is 256 g/mol. The molecule has 1 rings (SSSR count). The Labute approximate surface area is 121 Å². The number of carbonyl (C=O) groups is 2. The van der Waals surface area contributed by atoms with Crippen LogP contribution in [0.3, 0.4) is 0 Å². The van der Waals surface area contributed by atoms with Gasteiger partial charge < -0.3 is 16.2 Å². The number of rotatable bonds is 5. The van der Waals surface area contributed by atoms with Crippen LogP contribution >= 0.6 is 0 Å². The van der Waals surface area contributed by atoms with E-state index in [0.717, 1.165) is 19.3 Å². The van der Waals surface area contributed by atoms with E-state index in [4.69, 9.17) is 10.8 Å². The molecule has 0 radical (unpaired) electrons. The number of carboxylic acid groups (broad SMARTS) is 1. The van der Waals surface area contributed by atoms with E-state index in [2.05, 4.69) is 26.1 Å². The molecule has 5 heteroatoms. The van der Waals surface area contributed by atoms with Gasteiger partial charge in [-0.05, 0) is 30.6 Å². The average Bonchev–Trinajstić information content (AvgIpc) is 2.35. The lowest BCUT2D eigenvalue weighted by Crippen LogP contribution is -2.53. The van der Waals surface area contributed by atoms with Gasteiger partial charge in [-0.3, -0.25) is 4.79 Å². The van der Waals surface area contributed by atoms with Crippen LogP contribution in [-0.2, 0) is 9.59 Å². The number of aliphatic carboxylic acids is 1. The summed E-state index contributed by atoms with van der Waals surface area (Å²) in [5, 5.41) is 11.8. The Hall–Kier alpha value is -1.10. The van der Waals surface area contributed by atoms with Gasteiger partial charge >= 0.3 is 5.97 Å². The molecule has 0 aromatic heterocycles. The van der Waals surface area contributed by atoms with Gasteiger partial charge in [0.05, 0.1) is 0 Å². The van der Waals surface area contributed by atoms with Gasteiger partial charge in [-0.2, -0.15) is 0 Å². The first-order chi connectivity index (χ1) is 9.21. The van der Waals surface area contributed by atoms with Crippen molar-refractivity contribution in [1.29, 1.82) is 0 Å². The zero-order valence-corrected chi connectivity index (χ0v) is 13.0. The summed E-state index contributed by atoms with van der Waals surface area (Å²) in [5.41, 5.74) is 5.88. The van der Waals surface area contributed by atoms with Crippen molar-refractivity contribution in [2.24, 2.45) is 23.0 Å². The molecule has 0 saturated heterocycles. The van der Waals surface area contributed by atoms with Gasteiger partial charge in [0.15, 0.2) is 0 Å². The lowest BCUT2D eigenvalue weighted by Gasteiger charge is -2.46. The molecule has 4 atom stereocenters. The topological polar surface area (TPSA) is 92.4 Å². The molecule has 116 valence electrons. The van der Waals surface area contributed by atoms with Crippen LogP contribution < -0.4 is 11.1 Å². The molecule has 4 N–H and O–H groups in total. The second-order valence-corrected chi connectivity index (χ2v) is 6.59. The van der Waals surface area contributed by atoms with E-state index in [9.17, 15) is 9.59 Å². The summed E-state index contributed by atoms with van der Waals surface area (Å²) in [6.07, 6.45) is 2.73. The molecule has 0 spiro atoms. The second kappa shape index (κ2) is 6.57. The van der Waals surface area contributed by atoms with E-state index in [1.54, 1.807) is 0 Å². The largest absolute Gasteiger partial charge is 0.480 e. The van der Waals surface area contributed by atoms with Crippen molar-refractivity contribution in [3.05, 3.63) is 0 Å². The molecule has 0 aromatic rings. The average molecular weight is 284 g/mol. The van der Waals surface area contributed by atoms with Crippen molar-refractivity contribution < 1.29 is 14.7 Å². The van der Waals surface area contributed by atoms with Crippen LogP contribution in [0.1, 0.15) is 53.4 Å². The SMILES string of the molecule is CCC[C@@H](NC(=O)C1CCC(N)C(C)C1(C)C)C(=O)O. The van der Waals surface area contributed by atoms with Crippen LogP contribution in [0, 0.1) is 17.3 Å². The van der Waals surface area contributed by atoms with Gasteiger partial charge in [-0.1, -0.05) is 34.1 Å². The summed E-state index contributed by atoms with van der Waals surface area (Å²) < 4.78 is 0. The number of amides is 1. The highest BCUT2D eigenvalue weighted by Crippen LogP contribution is 2.44. The molecule has 0 bridgehead atoms. The lowest BCUT2D eigenvalue weighted by atomic mass is 9.61. The van der Waals surface area contributed by atoms with E-state index >= 15 is 0 Å². The van der Waals surface area contributed by atoms with Crippen LogP contribution in [-0.4, -0.2) is 29.1 Å². The van der Waals surface area contributed by atoms with Crippen molar-refractivity contribution in [1.82, 2.24) is 5.32 Å². The summed E-state index contributed by atoms with van der Waals surface area (Å²) in [6, 6.07) is -0.672. The first-order valence-corrected chi connectivity index (χ1v) is 7.50. The van der Waals surface area contributed by atoms with Crippen LogP contribution in [0.4, 0.5) is 0 Å². The highest BCUT2D eigenvalue weighted by atomic mass is 16.4. The highest BCUT2D eigenvalue weighted by Gasteiger charge is 2.45. The minimum Gasteiger partial charge on any atom is -0.480 e. The van der Waals surface area contributed by atoms with E-state index in [-0.39, 0.29) is 29.2 Å². The van der Waals surface area contributed by atoms with Gasteiger partial charge in [0.1, 0.15) is 6.04 Å². The van der Waals surface area contributed by atoms with E-state index in [1.807, 2.05) is 6.92 Å². The standard InChI is InChI=1S/C15H28N2O3/c1-5-6-12(14(19)20)17-13(18)10-7-8-11(16)9(2)15(10,3)4/h9-12H,5-8,16H2,1-4H3,(H,17,18)(H,19,20)/t9?,10?,11?,12-/m1/s1. The minimum atomic E-state index is -0.960. The first-order valence-electron chi connectivity index (χ1n) is 7.50. The molecule has 1 saturated carbocycles. The molecule has 1 aliphatic carbocycles. The second-order valence-electron chi connectivity index (χ2n) is 6.59. The van der Waals surface area contributed by atoms with Gasteiger partial charge in [0.25, 0.3) is 0 Å². The first kappa shape index (κ1) is 17.0. The van der Waals surface area contributed by atoms with Crippen LogP contribution in [0.5, 0.6) is 0 Å². The van der Waals surface area contributed by atoms with E-state index in [1.165, 1.54) is 0 Å². The monoisotopic (exact) mass is 284 g/mol. The third-order valence-corrected chi connectivity index (χ3v) is 5.01. The van der Waals surface area contributed by atoms with E-state index in [0.29, 0.717) is 6.42 Å². The predicted molar refractivity (Wildman–Crippen MR) is 78.1 cm³/mol. The Morgan fingerprint density at radius 3 is 2.50 bits per heavy atom. The Kier molecular flexibility index (Phi) is 5.57. The maximum atomic E-state index is 12.4. The van der Waals surface area contributed by atoms with Crippen LogP contribution in [0.25, 0.3) is 0 Å². The number of nitrogens with one attached hydrogen (secondary N) is 1. The van der Waals surface area contributed by atoms with Crippen molar-refractivity contribution in [3.8, 4) is 0 Å². The Morgan fingerprint density at radius 1 is 1.40 bits per heavy atom. The Bertz CT molecular complexity index is 368. The van der Waals surface area contributed by atoms with Crippen molar-refractivity contribution in [2.75, 3.05) is 0 Å². The molecule has 0 heterocycles. The lowest BCUT2D eigenvalue weighted by molar-refractivity contribution is -0.144. The van der Waals surface area contributed by atoms with Gasteiger partial charge in [0, 0.05) is 12.0 Å². The van der Waals surface area contributed by atoms with Crippen molar-refractivity contribution in [3.63, 3.8) is 0 Å². The van der Waals surface area contributed by atoms with Gasteiger partial charge in [-0.25, -0.2) is 4.79 Å². The number of hydrogen-bond acceptors (Lipinski definition) is 3. The zero-order valence-electron chi connectivity index (χ0n) is 13.0. The third-order valence-electron chi connectivity index (χ3n) is 5.01. The molecule has 0 aromatic carbocycles. The summed E-state index contributed by atoms with van der Waals surface area (Å²) >= 11 is 0. The van der Waals surface area contributed by atoms with Crippen LogP contribution in [0.15, 0.2) is 0 Å². The normalized spacial score (nSPS) is 30.6. The fourth-order valence-electron chi connectivity index (χ4n) is 3.14. The molecule has 3 unspecified atom stereocenters. The molecule has 20 heavy (non-hydrogen) atoms. The maximum absolute atomic E-state index is 12.4. The number of hydrogen-bond donors (Lipinski definition) is 3. The summed E-state index contributed by atoms with van der Waals surface area (Å²) in [7, 11) is 0. The molecule has 1 fully saturated rings. The van der Waals surface area contributed by atoms with Gasteiger partial charge in [-0.15, -0.1) is 0 Å². The summed E-state index contributed by atoms with van der Waals surface area (Å²) in [6.45, 7) is 8.09. The van der Waals surface area contributed by atoms with E-state index < -0.39 is 12.0 Å². The number of carbonyl (C=O) groups excluding carboxylic acids is 1. The smallest absolute Gasteiger partial charge is 0.326 e. The number of nitrogens with two attached hydrogens (primary N) is 1. The molecular formula is C15H28N2O3. The molecule has 5 nitrogen and oxygen atoms in total. The molecule has 0 aliphatic heterocycles. The molecule has 1 aliphatic rings. The predicted octanol–water partition coefficient (Wildman–Crippen LogP) is 1.76. The highest BCUT2D eigenvalue weighted by molar-refractivity contribution is 5.85. The fourth-order valence-corrected chi connectivity index (χ4v) is 3.14. The van der Waals surface area contributed by atoms with Crippen molar-refractivity contribution in [2.45, 2.75) is 65.5 Å². The maximum Gasteiger partial charge on any atom is 0.326 e. The van der Waals surface area contributed by atoms with Gasteiger partial charge in [0.2, 0.25) is 5.91 Å². The Morgan fingerprint density at radius 2 is 2.00 bits per heavy atom. The molecule has 1 amide bonds. The third kappa shape index (κ3) is 3.51. The fraction of sp³-hybridized carbons (Fsp3) is 0.867.